The summed E-state index contributed by atoms with van der Waals surface area (Å²) in [7, 11) is 0. The maximum Gasteiger partial charge on any atom is 0.160 e. The minimum atomic E-state index is -0.870. The van der Waals surface area contributed by atoms with Gasteiger partial charge in [-0.05, 0) is 73.9 Å². The van der Waals surface area contributed by atoms with Crippen LogP contribution in [0.1, 0.15) is 61.6 Å². The summed E-state index contributed by atoms with van der Waals surface area (Å²) in [6.45, 7) is 3.00. The third-order valence-electron chi connectivity index (χ3n) is 4.88. The van der Waals surface area contributed by atoms with Crippen LogP contribution >= 0.6 is 0 Å². The second-order valence-electron chi connectivity index (χ2n) is 6.85. The molecule has 1 aliphatic carbocycles. The van der Waals surface area contributed by atoms with E-state index in [2.05, 4.69) is 30.9 Å². The van der Waals surface area contributed by atoms with E-state index in [0.717, 1.165) is 56.4 Å². The molecule has 0 atom stereocenters. The second kappa shape index (κ2) is 8.96. The van der Waals surface area contributed by atoms with Crippen LogP contribution in [0.25, 0.3) is 0 Å². The second-order valence-corrected chi connectivity index (χ2v) is 6.85. The monoisotopic (exact) mass is 354 g/mol. The van der Waals surface area contributed by atoms with Gasteiger partial charge < -0.3 is 4.74 Å². The summed E-state index contributed by atoms with van der Waals surface area (Å²) in [5, 5.41) is 0. The van der Waals surface area contributed by atoms with Crippen LogP contribution in [0.5, 0.6) is 0 Å². The molecule has 0 unspecified atom stereocenters. The lowest BCUT2D eigenvalue weighted by Gasteiger charge is -2.28. The number of hydrogen-bond donors (Lipinski definition) is 0. The van der Waals surface area contributed by atoms with Crippen molar-refractivity contribution in [1.82, 2.24) is 0 Å². The Hall–Kier alpha value is -2.18. The summed E-state index contributed by atoms with van der Waals surface area (Å²) >= 11 is 0. The molecule has 0 aliphatic heterocycles. The molecule has 0 heterocycles. The third-order valence-corrected chi connectivity index (χ3v) is 4.88. The van der Waals surface area contributed by atoms with Gasteiger partial charge in [-0.25, -0.2) is 8.78 Å². The molecule has 0 radical (unpaired) electrons. The average molecular weight is 354 g/mol. The number of hydrogen-bond acceptors (Lipinski definition) is 1. The Morgan fingerprint density at radius 3 is 2.19 bits per heavy atom. The highest BCUT2D eigenvalue weighted by molar-refractivity contribution is 5.44. The largest absolute Gasteiger partial charge is 0.378 e. The first-order valence-corrected chi connectivity index (χ1v) is 9.34. The Labute approximate surface area is 154 Å². The van der Waals surface area contributed by atoms with E-state index in [4.69, 9.17) is 4.74 Å². The minimum Gasteiger partial charge on any atom is -0.378 e. The van der Waals surface area contributed by atoms with Gasteiger partial charge in [0, 0.05) is 17.7 Å². The predicted molar refractivity (Wildman–Crippen MR) is 100 cm³/mol. The standard InChI is InChI=1S/C23H24F2O/c1-2-15-26-21-12-10-20(11-13-21)19-8-5-17(6-9-19)3-4-18-7-14-22(24)23(25)16-18/h5-9,14,16,20-21H,2,10-13,15H2,1H3. The summed E-state index contributed by atoms with van der Waals surface area (Å²) in [6.07, 6.45) is 6.08. The van der Waals surface area contributed by atoms with Crippen molar-refractivity contribution in [1.29, 1.82) is 0 Å². The van der Waals surface area contributed by atoms with Crippen molar-refractivity contribution < 1.29 is 13.5 Å². The fraction of sp³-hybridized carbons (Fsp3) is 0.391. The van der Waals surface area contributed by atoms with E-state index < -0.39 is 11.6 Å². The van der Waals surface area contributed by atoms with E-state index in [-0.39, 0.29) is 0 Å². The lowest BCUT2D eigenvalue weighted by Crippen LogP contribution is -2.21. The van der Waals surface area contributed by atoms with Crippen molar-refractivity contribution in [2.24, 2.45) is 0 Å². The molecule has 0 aromatic heterocycles. The Morgan fingerprint density at radius 2 is 1.54 bits per heavy atom. The topological polar surface area (TPSA) is 9.23 Å². The smallest absolute Gasteiger partial charge is 0.160 e. The molecule has 3 rings (SSSR count). The number of rotatable bonds is 4. The van der Waals surface area contributed by atoms with Crippen LogP contribution in [-0.2, 0) is 4.74 Å². The van der Waals surface area contributed by atoms with Crippen molar-refractivity contribution in [3.8, 4) is 11.8 Å². The summed E-state index contributed by atoms with van der Waals surface area (Å²) in [5.41, 5.74) is 2.69. The third kappa shape index (κ3) is 4.93. The Morgan fingerprint density at radius 1 is 0.885 bits per heavy atom. The first kappa shape index (κ1) is 18.6. The van der Waals surface area contributed by atoms with Crippen molar-refractivity contribution in [3.63, 3.8) is 0 Å². The molecule has 2 aromatic rings. The Balaban J connectivity index is 1.59. The predicted octanol–water partition coefficient (Wildman–Crippen LogP) is 5.82. The fourth-order valence-corrected chi connectivity index (χ4v) is 3.40. The molecule has 2 aromatic carbocycles. The molecule has 1 saturated carbocycles. The van der Waals surface area contributed by atoms with E-state index in [1.165, 1.54) is 11.6 Å². The molecule has 0 amide bonds. The van der Waals surface area contributed by atoms with Gasteiger partial charge in [0.2, 0.25) is 0 Å². The summed E-state index contributed by atoms with van der Waals surface area (Å²) in [5.74, 6) is 4.75. The Kier molecular flexibility index (Phi) is 6.41. The van der Waals surface area contributed by atoms with Gasteiger partial charge in [0.05, 0.1) is 6.10 Å². The van der Waals surface area contributed by atoms with Crippen LogP contribution in [-0.4, -0.2) is 12.7 Å². The molecule has 0 saturated heterocycles. The zero-order chi connectivity index (χ0) is 18.4. The zero-order valence-corrected chi connectivity index (χ0v) is 15.1. The number of ether oxygens (including phenoxy) is 1. The van der Waals surface area contributed by atoms with Crippen LogP contribution in [0.4, 0.5) is 8.78 Å². The molecule has 1 aliphatic rings. The molecule has 3 heteroatoms. The zero-order valence-electron chi connectivity index (χ0n) is 15.1. The molecule has 1 nitrogen and oxygen atoms in total. The van der Waals surface area contributed by atoms with Gasteiger partial charge in [-0.3, -0.25) is 0 Å². The van der Waals surface area contributed by atoms with Crippen LogP contribution in [0.15, 0.2) is 42.5 Å². The van der Waals surface area contributed by atoms with Crippen LogP contribution in [0.3, 0.4) is 0 Å². The molecule has 26 heavy (non-hydrogen) atoms. The molecular weight excluding hydrogens is 330 g/mol. The molecule has 0 N–H and O–H groups in total. The molecule has 0 spiro atoms. The summed E-state index contributed by atoms with van der Waals surface area (Å²) < 4.78 is 32.0. The lowest BCUT2D eigenvalue weighted by molar-refractivity contribution is 0.0251. The van der Waals surface area contributed by atoms with Gasteiger partial charge in [-0.15, -0.1) is 0 Å². The number of halogens is 2. The fourth-order valence-electron chi connectivity index (χ4n) is 3.40. The van der Waals surface area contributed by atoms with E-state index >= 15 is 0 Å². The van der Waals surface area contributed by atoms with Crippen LogP contribution in [0.2, 0.25) is 0 Å². The van der Waals surface area contributed by atoms with Gasteiger partial charge in [0.25, 0.3) is 0 Å². The molecule has 1 fully saturated rings. The quantitative estimate of drug-likeness (QED) is 0.629. The number of benzene rings is 2. The highest BCUT2D eigenvalue weighted by Crippen LogP contribution is 2.34. The summed E-state index contributed by atoms with van der Waals surface area (Å²) in [4.78, 5) is 0. The minimum absolute atomic E-state index is 0.424. The normalized spacial score (nSPS) is 19.7. The highest BCUT2D eigenvalue weighted by Gasteiger charge is 2.22. The molecular formula is C23H24F2O. The molecule has 0 bridgehead atoms. The lowest BCUT2D eigenvalue weighted by atomic mass is 9.82. The summed E-state index contributed by atoms with van der Waals surface area (Å²) in [6, 6.07) is 12.0. The van der Waals surface area contributed by atoms with Crippen molar-refractivity contribution >= 4 is 0 Å². The van der Waals surface area contributed by atoms with Gasteiger partial charge >= 0.3 is 0 Å². The van der Waals surface area contributed by atoms with Gasteiger partial charge in [-0.2, -0.15) is 0 Å². The van der Waals surface area contributed by atoms with Crippen molar-refractivity contribution in [3.05, 3.63) is 70.8 Å². The van der Waals surface area contributed by atoms with E-state index in [1.54, 1.807) is 0 Å². The van der Waals surface area contributed by atoms with Crippen LogP contribution in [0, 0.1) is 23.5 Å². The maximum atomic E-state index is 13.2. The first-order valence-electron chi connectivity index (χ1n) is 9.34. The van der Waals surface area contributed by atoms with Crippen LogP contribution < -0.4 is 0 Å². The maximum absolute atomic E-state index is 13.2. The van der Waals surface area contributed by atoms with Gasteiger partial charge in [0.1, 0.15) is 0 Å². The van der Waals surface area contributed by atoms with Crippen molar-refractivity contribution in [2.75, 3.05) is 6.61 Å². The highest BCUT2D eigenvalue weighted by atomic mass is 19.2. The van der Waals surface area contributed by atoms with E-state index in [1.807, 2.05) is 12.1 Å². The van der Waals surface area contributed by atoms with Gasteiger partial charge in [0.15, 0.2) is 11.6 Å². The molecule has 136 valence electrons. The first-order chi connectivity index (χ1) is 12.7. The Bertz CT molecular complexity index is 778. The SMILES string of the molecule is CCCOC1CCC(c2ccc(C#Cc3ccc(F)c(F)c3)cc2)CC1. The van der Waals surface area contributed by atoms with Crippen molar-refractivity contribution in [2.45, 2.75) is 51.0 Å². The van der Waals surface area contributed by atoms with Gasteiger partial charge in [-0.1, -0.05) is 30.9 Å². The van der Waals surface area contributed by atoms with E-state index in [0.29, 0.717) is 17.6 Å². The average Bonchev–Trinajstić information content (AvgIpc) is 2.68. The van der Waals surface area contributed by atoms with E-state index in [9.17, 15) is 8.78 Å².